The van der Waals surface area contributed by atoms with Crippen molar-refractivity contribution >= 4 is 19.8 Å². The molecule has 62 heavy (non-hydrogen) atoms. The number of aliphatic hydroxyl groups is 2. The zero-order chi connectivity index (χ0) is 45.5. The third kappa shape index (κ3) is 45.0. The van der Waals surface area contributed by atoms with Gasteiger partial charge in [-0.25, -0.2) is 4.57 Å². The average molecular weight is 901 g/mol. The van der Waals surface area contributed by atoms with Crippen LogP contribution in [0.1, 0.15) is 251 Å². The van der Waals surface area contributed by atoms with E-state index in [0.717, 1.165) is 44.9 Å². The van der Waals surface area contributed by atoms with E-state index in [1.54, 1.807) is 0 Å². The van der Waals surface area contributed by atoms with E-state index in [-0.39, 0.29) is 12.8 Å². The minimum atomic E-state index is -4.64. The largest absolute Gasteiger partial charge is 0.472 e. The van der Waals surface area contributed by atoms with E-state index in [9.17, 15) is 29.3 Å². The Balaban J connectivity index is 3.81. The fourth-order valence-corrected chi connectivity index (χ4v) is 8.23. The summed E-state index contributed by atoms with van der Waals surface area (Å²) in [6.45, 7) is 2.25. The Morgan fingerprint density at radius 2 is 0.710 bits per heavy atom. The Kier molecular flexibility index (Phi) is 46.2. The molecule has 0 saturated heterocycles. The lowest BCUT2D eigenvalue weighted by Crippen LogP contribution is -2.28. The minimum absolute atomic E-state index is 0.192. The molecule has 10 nitrogen and oxygen atoms in total. The highest BCUT2D eigenvalue weighted by molar-refractivity contribution is 7.47. The summed E-state index contributed by atoms with van der Waals surface area (Å²) in [5.41, 5.74) is 0. The number of aliphatic hydroxyl groups excluding tert-OH is 2. The van der Waals surface area contributed by atoms with E-state index in [1.165, 1.54) is 167 Å². The number of hydrogen-bond donors (Lipinski definition) is 3. The van der Waals surface area contributed by atoms with Gasteiger partial charge in [0.2, 0.25) is 0 Å². The van der Waals surface area contributed by atoms with Gasteiger partial charge in [0.15, 0.2) is 0 Å². The second-order valence-electron chi connectivity index (χ2n) is 17.5. The summed E-state index contributed by atoms with van der Waals surface area (Å²) >= 11 is 0. The molecular formula is C51H97O10P. The maximum absolute atomic E-state index is 12.4. The molecule has 0 aromatic heterocycles. The normalized spacial score (nSPS) is 13.8. The summed E-state index contributed by atoms with van der Waals surface area (Å²) in [5.74, 6) is -1.01. The van der Waals surface area contributed by atoms with E-state index >= 15 is 0 Å². The number of phosphoric acid groups is 1. The maximum atomic E-state index is 12.4. The van der Waals surface area contributed by atoms with Crippen LogP contribution in [0.3, 0.4) is 0 Å². The highest BCUT2D eigenvalue weighted by Gasteiger charge is 2.27. The minimum Gasteiger partial charge on any atom is -0.457 e. The number of carbonyl (C=O) groups excluding carboxylic acids is 2. The second-order valence-corrected chi connectivity index (χ2v) is 19.0. The van der Waals surface area contributed by atoms with Gasteiger partial charge in [-0.2, -0.15) is 0 Å². The first-order valence-electron chi connectivity index (χ1n) is 25.8. The molecule has 0 aliphatic carbocycles. The summed E-state index contributed by atoms with van der Waals surface area (Å²) in [6.07, 6.45) is 50.1. The molecule has 3 N–H and O–H groups in total. The third-order valence-electron chi connectivity index (χ3n) is 11.4. The van der Waals surface area contributed by atoms with Crippen molar-refractivity contribution in [1.82, 2.24) is 0 Å². The van der Waals surface area contributed by atoms with Crippen LogP contribution in [0.15, 0.2) is 24.3 Å². The summed E-state index contributed by atoms with van der Waals surface area (Å²) in [5, 5.41) is 19.2. The zero-order valence-electron chi connectivity index (χ0n) is 40.1. The summed E-state index contributed by atoms with van der Waals surface area (Å²) < 4.78 is 32.7. The molecule has 0 heterocycles. The first-order chi connectivity index (χ1) is 30.3. The number of phosphoric ester groups is 1. The molecule has 0 fully saturated rings. The Bertz CT molecular complexity index is 1080. The predicted octanol–water partition coefficient (Wildman–Crippen LogP) is 14.5. The molecule has 0 rings (SSSR count). The van der Waals surface area contributed by atoms with Gasteiger partial charge in [0.1, 0.15) is 12.2 Å². The van der Waals surface area contributed by atoms with Crippen molar-refractivity contribution in [3.8, 4) is 0 Å². The molecule has 3 atom stereocenters. The number of unbranched alkanes of at least 4 members (excludes halogenated alkanes) is 31. The lowest BCUT2D eigenvalue weighted by Gasteiger charge is -2.20. The fraction of sp³-hybridized carbons (Fsp3) is 0.882. The van der Waals surface area contributed by atoms with Crippen molar-refractivity contribution in [1.29, 1.82) is 0 Å². The SMILES string of the molecule is CCCCCCC/C=C\C/C=C\CCCCCCCCCCCCCC(=O)OC(CO)COP(=O)(O)OCC(CO)OC(=O)CCCCCCCCCCCCCCCCCC. The van der Waals surface area contributed by atoms with Gasteiger partial charge in [0.05, 0.1) is 26.4 Å². The standard InChI is InChI=1S/C51H97O10P/c1-3-5-7-9-11-13-15-17-19-21-22-23-24-25-26-27-29-31-33-35-37-39-41-43-51(55)61-49(45-53)47-59-62(56,57)58-46-48(44-52)60-50(54)42-40-38-36-34-32-30-28-20-18-16-14-12-10-8-6-4-2/h15,17,21-22,48-49,52-53H,3-14,16,18-20,23-47H2,1-2H3,(H,56,57)/b17-15-,22-21-. The number of hydrogen-bond acceptors (Lipinski definition) is 9. The fourth-order valence-electron chi connectivity index (χ4n) is 7.44. The third-order valence-corrected chi connectivity index (χ3v) is 12.4. The van der Waals surface area contributed by atoms with Crippen molar-refractivity contribution in [2.24, 2.45) is 0 Å². The topological polar surface area (TPSA) is 149 Å². The first kappa shape index (κ1) is 60.5. The lowest BCUT2D eigenvalue weighted by atomic mass is 10.0. The predicted molar refractivity (Wildman–Crippen MR) is 256 cm³/mol. The van der Waals surface area contributed by atoms with Gasteiger partial charge in [-0.3, -0.25) is 18.6 Å². The van der Waals surface area contributed by atoms with E-state index in [0.29, 0.717) is 12.8 Å². The van der Waals surface area contributed by atoms with Crippen molar-refractivity contribution in [3.05, 3.63) is 24.3 Å². The number of esters is 2. The van der Waals surface area contributed by atoms with Crippen LogP contribution in [0, 0.1) is 0 Å². The van der Waals surface area contributed by atoms with Crippen molar-refractivity contribution in [2.45, 2.75) is 264 Å². The summed E-state index contributed by atoms with van der Waals surface area (Å²) in [4.78, 5) is 34.7. The van der Waals surface area contributed by atoms with Gasteiger partial charge in [-0.1, -0.05) is 218 Å². The van der Waals surface area contributed by atoms with Gasteiger partial charge in [0, 0.05) is 12.8 Å². The highest BCUT2D eigenvalue weighted by Crippen LogP contribution is 2.43. The van der Waals surface area contributed by atoms with Crippen LogP contribution in [0.4, 0.5) is 0 Å². The molecule has 0 saturated carbocycles. The Morgan fingerprint density at radius 1 is 0.435 bits per heavy atom. The lowest BCUT2D eigenvalue weighted by molar-refractivity contribution is -0.153. The number of allylic oxidation sites excluding steroid dienone is 4. The Labute approximate surface area is 380 Å². The molecule has 366 valence electrons. The average Bonchev–Trinajstić information content (AvgIpc) is 3.26. The molecule has 11 heteroatoms. The van der Waals surface area contributed by atoms with Crippen molar-refractivity contribution in [3.63, 3.8) is 0 Å². The molecule has 0 aliphatic rings. The van der Waals surface area contributed by atoms with Gasteiger partial charge in [-0.05, 0) is 44.9 Å². The molecule has 0 aromatic carbocycles. The smallest absolute Gasteiger partial charge is 0.457 e. The van der Waals surface area contributed by atoms with Crippen LogP contribution < -0.4 is 0 Å². The Hall–Kier alpha value is -1.55. The quantitative estimate of drug-likeness (QED) is 0.0233. The van der Waals surface area contributed by atoms with Gasteiger partial charge >= 0.3 is 19.8 Å². The van der Waals surface area contributed by atoms with Gasteiger partial charge in [0.25, 0.3) is 0 Å². The molecular weight excluding hydrogens is 804 g/mol. The molecule has 0 bridgehead atoms. The van der Waals surface area contributed by atoms with E-state index in [4.69, 9.17) is 18.5 Å². The van der Waals surface area contributed by atoms with Gasteiger partial charge < -0.3 is 24.6 Å². The summed E-state index contributed by atoms with van der Waals surface area (Å²) in [7, 11) is -4.64. The highest BCUT2D eigenvalue weighted by atomic mass is 31.2. The van der Waals surface area contributed by atoms with E-state index < -0.39 is 58.4 Å². The summed E-state index contributed by atoms with van der Waals surface area (Å²) in [6, 6.07) is 0. The monoisotopic (exact) mass is 901 g/mol. The van der Waals surface area contributed by atoms with E-state index in [1.807, 2.05) is 0 Å². The molecule has 3 unspecified atom stereocenters. The maximum Gasteiger partial charge on any atom is 0.472 e. The van der Waals surface area contributed by atoms with Crippen LogP contribution in [0.25, 0.3) is 0 Å². The van der Waals surface area contributed by atoms with Crippen LogP contribution in [-0.4, -0.2) is 65.7 Å². The first-order valence-corrected chi connectivity index (χ1v) is 27.3. The molecule has 0 spiro atoms. The van der Waals surface area contributed by atoms with Crippen LogP contribution >= 0.6 is 7.82 Å². The van der Waals surface area contributed by atoms with E-state index in [2.05, 4.69) is 38.2 Å². The zero-order valence-corrected chi connectivity index (χ0v) is 41.0. The van der Waals surface area contributed by atoms with Gasteiger partial charge in [-0.15, -0.1) is 0 Å². The van der Waals surface area contributed by atoms with Crippen LogP contribution in [0.5, 0.6) is 0 Å². The Morgan fingerprint density at radius 3 is 1.00 bits per heavy atom. The molecule has 0 amide bonds. The van der Waals surface area contributed by atoms with Crippen molar-refractivity contribution < 1.29 is 47.8 Å². The molecule has 0 aromatic rings. The van der Waals surface area contributed by atoms with Crippen LogP contribution in [0.2, 0.25) is 0 Å². The second kappa shape index (κ2) is 47.4. The van der Waals surface area contributed by atoms with Crippen molar-refractivity contribution in [2.75, 3.05) is 26.4 Å². The number of ether oxygens (including phenoxy) is 2. The number of carbonyl (C=O) groups is 2. The number of rotatable bonds is 49. The molecule has 0 radical (unpaired) electrons. The van der Waals surface area contributed by atoms with Crippen LogP contribution in [-0.2, 0) is 32.7 Å². The molecule has 0 aliphatic heterocycles.